The summed E-state index contributed by atoms with van der Waals surface area (Å²) < 4.78 is 7.36. The van der Waals surface area contributed by atoms with Crippen molar-refractivity contribution in [1.29, 1.82) is 0 Å². The standard InChI is InChI=1S/C16H20N2O2/c1-3-13-10-14(18(4-2)17-13)11-15(19)12-20-16-8-6-5-7-9-16/h5-10H,3-4,11-12H2,1-2H3. The van der Waals surface area contributed by atoms with Crippen LogP contribution < -0.4 is 4.74 Å². The van der Waals surface area contributed by atoms with Gasteiger partial charge in [-0.2, -0.15) is 5.10 Å². The SMILES string of the molecule is CCc1cc(CC(=O)COc2ccccc2)n(CC)n1. The second-order valence-electron chi connectivity index (χ2n) is 4.61. The summed E-state index contributed by atoms with van der Waals surface area (Å²) in [5.74, 6) is 0.783. The van der Waals surface area contributed by atoms with Crippen LogP contribution in [0, 0.1) is 0 Å². The highest BCUT2D eigenvalue weighted by Gasteiger charge is 2.11. The lowest BCUT2D eigenvalue weighted by Gasteiger charge is -2.06. The third kappa shape index (κ3) is 3.70. The first-order valence-electron chi connectivity index (χ1n) is 6.98. The van der Waals surface area contributed by atoms with Crippen LogP contribution in [0.3, 0.4) is 0 Å². The lowest BCUT2D eigenvalue weighted by atomic mass is 10.2. The molecule has 0 fully saturated rings. The Balaban J connectivity index is 1.92. The van der Waals surface area contributed by atoms with E-state index in [2.05, 4.69) is 12.0 Å². The third-order valence-corrected chi connectivity index (χ3v) is 3.10. The summed E-state index contributed by atoms with van der Waals surface area (Å²) in [4.78, 5) is 12.0. The van der Waals surface area contributed by atoms with Crippen molar-refractivity contribution in [2.45, 2.75) is 33.2 Å². The van der Waals surface area contributed by atoms with Gasteiger partial charge in [-0.05, 0) is 31.5 Å². The van der Waals surface area contributed by atoms with Crippen molar-refractivity contribution < 1.29 is 9.53 Å². The first-order chi connectivity index (χ1) is 9.72. The number of hydrogen-bond acceptors (Lipinski definition) is 3. The summed E-state index contributed by atoms with van der Waals surface area (Å²) in [5, 5.41) is 4.44. The Morgan fingerprint density at radius 2 is 2.00 bits per heavy atom. The molecular weight excluding hydrogens is 252 g/mol. The third-order valence-electron chi connectivity index (χ3n) is 3.10. The molecule has 0 amide bonds. The van der Waals surface area contributed by atoms with Gasteiger partial charge in [0.25, 0.3) is 0 Å². The van der Waals surface area contributed by atoms with Crippen molar-refractivity contribution in [2.24, 2.45) is 0 Å². The van der Waals surface area contributed by atoms with Gasteiger partial charge in [-0.15, -0.1) is 0 Å². The van der Waals surface area contributed by atoms with E-state index >= 15 is 0 Å². The van der Waals surface area contributed by atoms with Crippen LogP contribution in [0.25, 0.3) is 0 Å². The maximum atomic E-state index is 12.0. The number of aromatic nitrogens is 2. The molecule has 0 aliphatic carbocycles. The molecule has 1 aromatic heterocycles. The Kier molecular flexibility index (Phi) is 4.93. The van der Waals surface area contributed by atoms with E-state index < -0.39 is 0 Å². The molecule has 2 aromatic rings. The number of carbonyl (C=O) groups excluding carboxylic acids is 1. The Labute approximate surface area is 119 Å². The van der Waals surface area contributed by atoms with E-state index in [1.165, 1.54) is 0 Å². The second kappa shape index (κ2) is 6.89. The molecule has 0 saturated carbocycles. The van der Waals surface area contributed by atoms with Crippen LogP contribution in [0.2, 0.25) is 0 Å². The number of nitrogens with zero attached hydrogens (tertiary/aromatic N) is 2. The van der Waals surface area contributed by atoms with Crippen LogP contribution in [-0.4, -0.2) is 22.2 Å². The maximum Gasteiger partial charge on any atom is 0.176 e. The number of para-hydroxylation sites is 1. The average Bonchev–Trinajstić information content (AvgIpc) is 2.88. The molecule has 0 saturated heterocycles. The molecule has 0 atom stereocenters. The van der Waals surface area contributed by atoms with Gasteiger partial charge < -0.3 is 4.74 Å². The zero-order chi connectivity index (χ0) is 14.4. The summed E-state index contributed by atoms with van der Waals surface area (Å²) in [6, 6.07) is 11.4. The molecule has 4 heteroatoms. The summed E-state index contributed by atoms with van der Waals surface area (Å²) in [6.45, 7) is 4.97. The van der Waals surface area contributed by atoms with E-state index in [0.717, 1.165) is 30.1 Å². The number of Topliss-reactive ketones (excluding diaryl/α,β-unsaturated/α-hetero) is 1. The van der Waals surface area contributed by atoms with Gasteiger partial charge in [-0.25, -0.2) is 0 Å². The molecule has 2 rings (SSSR count). The van der Waals surface area contributed by atoms with Gasteiger partial charge in [0.05, 0.1) is 12.1 Å². The first kappa shape index (κ1) is 14.3. The number of benzene rings is 1. The number of hydrogen-bond donors (Lipinski definition) is 0. The minimum atomic E-state index is 0.0612. The summed E-state index contributed by atoms with van der Waals surface area (Å²) in [6.07, 6.45) is 1.25. The van der Waals surface area contributed by atoms with Crippen LogP contribution in [0.15, 0.2) is 36.4 Å². The molecule has 0 spiro atoms. The van der Waals surface area contributed by atoms with Crippen molar-refractivity contribution in [3.8, 4) is 5.75 Å². The van der Waals surface area contributed by atoms with Gasteiger partial charge in [-0.3, -0.25) is 9.48 Å². The zero-order valence-electron chi connectivity index (χ0n) is 12.0. The van der Waals surface area contributed by atoms with E-state index in [9.17, 15) is 4.79 Å². The molecule has 106 valence electrons. The molecule has 20 heavy (non-hydrogen) atoms. The molecular formula is C16H20N2O2. The van der Waals surface area contributed by atoms with Crippen molar-refractivity contribution in [2.75, 3.05) is 6.61 Å². The molecule has 0 aliphatic heterocycles. The first-order valence-corrected chi connectivity index (χ1v) is 6.98. The smallest absolute Gasteiger partial charge is 0.176 e. The summed E-state index contributed by atoms with van der Waals surface area (Å²) >= 11 is 0. The van der Waals surface area contributed by atoms with Gasteiger partial charge in [0.15, 0.2) is 5.78 Å². The fourth-order valence-corrected chi connectivity index (χ4v) is 2.04. The van der Waals surface area contributed by atoms with Crippen LogP contribution in [0.4, 0.5) is 0 Å². The predicted molar refractivity (Wildman–Crippen MR) is 77.9 cm³/mol. The molecule has 0 unspecified atom stereocenters. The number of rotatable bonds is 7. The summed E-state index contributed by atoms with van der Waals surface area (Å²) in [7, 11) is 0. The fourth-order valence-electron chi connectivity index (χ4n) is 2.04. The van der Waals surface area contributed by atoms with Crippen LogP contribution in [-0.2, 0) is 24.2 Å². The van der Waals surface area contributed by atoms with Gasteiger partial charge in [0.2, 0.25) is 0 Å². The van der Waals surface area contributed by atoms with E-state index in [4.69, 9.17) is 4.74 Å². The topological polar surface area (TPSA) is 44.1 Å². The molecule has 0 aliphatic rings. The Morgan fingerprint density at radius 3 is 2.65 bits per heavy atom. The monoisotopic (exact) mass is 272 g/mol. The Hall–Kier alpha value is -2.10. The Bertz CT molecular complexity index is 561. The highest BCUT2D eigenvalue weighted by Crippen LogP contribution is 2.10. The van der Waals surface area contributed by atoms with Crippen LogP contribution >= 0.6 is 0 Å². The molecule has 0 N–H and O–H groups in total. The van der Waals surface area contributed by atoms with Gasteiger partial charge in [0.1, 0.15) is 12.4 Å². The lowest BCUT2D eigenvalue weighted by Crippen LogP contribution is -2.16. The normalized spacial score (nSPS) is 10.5. The van der Waals surface area contributed by atoms with Crippen molar-refractivity contribution >= 4 is 5.78 Å². The minimum absolute atomic E-state index is 0.0612. The number of ether oxygens (including phenoxy) is 1. The van der Waals surface area contributed by atoms with Crippen LogP contribution in [0.5, 0.6) is 5.75 Å². The van der Waals surface area contributed by atoms with E-state index in [-0.39, 0.29) is 12.4 Å². The van der Waals surface area contributed by atoms with Crippen molar-refractivity contribution in [1.82, 2.24) is 9.78 Å². The highest BCUT2D eigenvalue weighted by atomic mass is 16.5. The summed E-state index contributed by atoms with van der Waals surface area (Å²) in [5.41, 5.74) is 1.99. The average molecular weight is 272 g/mol. The molecule has 4 nitrogen and oxygen atoms in total. The van der Waals surface area contributed by atoms with Gasteiger partial charge >= 0.3 is 0 Å². The fraction of sp³-hybridized carbons (Fsp3) is 0.375. The molecule has 1 aromatic carbocycles. The highest BCUT2D eigenvalue weighted by molar-refractivity contribution is 5.82. The quantitative estimate of drug-likeness (QED) is 0.778. The Morgan fingerprint density at radius 1 is 1.25 bits per heavy atom. The van der Waals surface area contributed by atoms with Crippen LogP contribution in [0.1, 0.15) is 25.2 Å². The van der Waals surface area contributed by atoms with Gasteiger partial charge in [0, 0.05) is 12.2 Å². The molecule has 1 heterocycles. The maximum absolute atomic E-state index is 12.0. The van der Waals surface area contributed by atoms with E-state index in [1.807, 2.05) is 48.0 Å². The van der Waals surface area contributed by atoms with E-state index in [1.54, 1.807) is 0 Å². The number of aryl methyl sites for hydroxylation is 2. The zero-order valence-corrected chi connectivity index (χ0v) is 12.0. The lowest BCUT2D eigenvalue weighted by molar-refractivity contribution is -0.120. The molecule has 0 bridgehead atoms. The van der Waals surface area contributed by atoms with Crippen molar-refractivity contribution in [3.63, 3.8) is 0 Å². The van der Waals surface area contributed by atoms with Crippen molar-refractivity contribution in [3.05, 3.63) is 47.8 Å². The molecule has 0 radical (unpaired) electrons. The largest absolute Gasteiger partial charge is 0.486 e. The number of carbonyl (C=O) groups is 1. The second-order valence-corrected chi connectivity index (χ2v) is 4.61. The number of ketones is 1. The van der Waals surface area contributed by atoms with E-state index in [0.29, 0.717) is 6.42 Å². The minimum Gasteiger partial charge on any atom is -0.486 e. The predicted octanol–water partition coefficient (Wildman–Crippen LogP) is 2.66. The van der Waals surface area contributed by atoms with Gasteiger partial charge in [-0.1, -0.05) is 25.1 Å².